The second kappa shape index (κ2) is 6.78. The van der Waals surface area contributed by atoms with E-state index < -0.39 is 5.91 Å². The van der Waals surface area contributed by atoms with Gasteiger partial charge < -0.3 is 21.3 Å². The fourth-order valence-electron chi connectivity index (χ4n) is 2.53. The van der Waals surface area contributed by atoms with E-state index in [0.29, 0.717) is 11.3 Å². The largest absolute Gasteiger partial charge is 0.398 e. The molecule has 1 aliphatic heterocycles. The first kappa shape index (κ1) is 15.6. The van der Waals surface area contributed by atoms with E-state index in [-0.39, 0.29) is 0 Å². The summed E-state index contributed by atoms with van der Waals surface area (Å²) in [5.74, 6) is -0.473. The minimum atomic E-state index is -0.473. The van der Waals surface area contributed by atoms with E-state index >= 15 is 0 Å². The number of likely N-dealkylation sites (N-methyl/N-ethyl adjacent to an activating group) is 1. The Balaban J connectivity index is 1.96. The SMILES string of the molecule is CN(C)CCN1CCN(c2ccc(N)c(C(N)=O)c2)CC1. The van der Waals surface area contributed by atoms with Crippen LogP contribution in [0.25, 0.3) is 0 Å². The van der Waals surface area contributed by atoms with Gasteiger partial charge in [-0.2, -0.15) is 0 Å². The van der Waals surface area contributed by atoms with Gasteiger partial charge in [-0.25, -0.2) is 0 Å². The Morgan fingerprint density at radius 1 is 1.24 bits per heavy atom. The first-order chi connectivity index (χ1) is 9.97. The van der Waals surface area contributed by atoms with Gasteiger partial charge in [0.1, 0.15) is 0 Å². The number of hydrogen-bond donors (Lipinski definition) is 2. The molecular weight excluding hydrogens is 266 g/mol. The van der Waals surface area contributed by atoms with Gasteiger partial charge in [-0.3, -0.25) is 9.69 Å². The lowest BCUT2D eigenvalue weighted by atomic mass is 10.1. The van der Waals surface area contributed by atoms with Crippen molar-refractivity contribution in [1.82, 2.24) is 9.80 Å². The zero-order valence-corrected chi connectivity index (χ0v) is 12.9. The van der Waals surface area contributed by atoms with Gasteiger partial charge >= 0.3 is 0 Å². The van der Waals surface area contributed by atoms with Gasteiger partial charge in [-0.1, -0.05) is 0 Å². The highest BCUT2D eigenvalue weighted by atomic mass is 16.1. The van der Waals surface area contributed by atoms with Crippen LogP contribution in [0.4, 0.5) is 11.4 Å². The first-order valence-electron chi connectivity index (χ1n) is 7.28. The van der Waals surface area contributed by atoms with Crippen molar-refractivity contribution in [3.63, 3.8) is 0 Å². The van der Waals surface area contributed by atoms with Crippen LogP contribution in [0.2, 0.25) is 0 Å². The molecule has 0 radical (unpaired) electrons. The van der Waals surface area contributed by atoms with Crippen molar-refractivity contribution >= 4 is 17.3 Å². The lowest BCUT2D eigenvalue weighted by Crippen LogP contribution is -2.48. The molecule has 21 heavy (non-hydrogen) atoms. The van der Waals surface area contributed by atoms with Crippen LogP contribution in [-0.4, -0.2) is 69.1 Å². The van der Waals surface area contributed by atoms with Gasteiger partial charge in [0.05, 0.1) is 5.56 Å². The third-order valence-corrected chi connectivity index (χ3v) is 3.90. The summed E-state index contributed by atoms with van der Waals surface area (Å²) in [6.45, 7) is 6.14. The van der Waals surface area contributed by atoms with Crippen LogP contribution < -0.4 is 16.4 Å². The summed E-state index contributed by atoms with van der Waals surface area (Å²) in [5, 5.41) is 0. The molecule has 1 aromatic carbocycles. The number of nitrogen functional groups attached to an aromatic ring is 1. The maximum atomic E-state index is 11.4. The third kappa shape index (κ3) is 4.09. The van der Waals surface area contributed by atoms with Gasteiger partial charge in [0.25, 0.3) is 5.91 Å². The van der Waals surface area contributed by atoms with Crippen molar-refractivity contribution in [2.45, 2.75) is 0 Å². The van der Waals surface area contributed by atoms with E-state index in [4.69, 9.17) is 11.5 Å². The molecule has 0 bridgehead atoms. The van der Waals surface area contributed by atoms with Crippen molar-refractivity contribution in [2.75, 3.05) is 64.0 Å². The predicted octanol–water partition coefficient (Wildman–Crippen LogP) is 0.0513. The second-order valence-electron chi connectivity index (χ2n) is 5.77. The quantitative estimate of drug-likeness (QED) is 0.750. The van der Waals surface area contributed by atoms with Crippen molar-refractivity contribution in [1.29, 1.82) is 0 Å². The zero-order chi connectivity index (χ0) is 15.4. The number of benzene rings is 1. The molecule has 0 saturated carbocycles. The number of anilines is 2. The van der Waals surface area contributed by atoms with E-state index in [0.717, 1.165) is 45.0 Å². The smallest absolute Gasteiger partial charge is 0.250 e. The van der Waals surface area contributed by atoms with E-state index in [2.05, 4.69) is 28.8 Å². The number of nitrogens with two attached hydrogens (primary N) is 2. The summed E-state index contributed by atoms with van der Waals surface area (Å²) in [6.07, 6.45) is 0. The summed E-state index contributed by atoms with van der Waals surface area (Å²) in [7, 11) is 4.19. The molecule has 0 spiro atoms. The summed E-state index contributed by atoms with van der Waals surface area (Å²) < 4.78 is 0. The van der Waals surface area contributed by atoms with Crippen molar-refractivity contribution in [2.24, 2.45) is 5.73 Å². The fourth-order valence-corrected chi connectivity index (χ4v) is 2.53. The van der Waals surface area contributed by atoms with Gasteiger partial charge in [-0.15, -0.1) is 0 Å². The third-order valence-electron chi connectivity index (χ3n) is 3.90. The maximum absolute atomic E-state index is 11.4. The van der Waals surface area contributed by atoms with E-state index in [1.54, 1.807) is 12.1 Å². The molecule has 116 valence electrons. The number of carbonyl (C=O) groups is 1. The average molecular weight is 291 g/mol. The molecule has 6 heteroatoms. The molecule has 0 unspecified atom stereocenters. The van der Waals surface area contributed by atoms with Crippen molar-refractivity contribution in [3.05, 3.63) is 23.8 Å². The summed E-state index contributed by atoms with van der Waals surface area (Å²) >= 11 is 0. The van der Waals surface area contributed by atoms with Gasteiger partial charge in [0.15, 0.2) is 0 Å². The Bertz CT molecular complexity index is 495. The van der Waals surface area contributed by atoms with Gasteiger partial charge in [-0.05, 0) is 32.3 Å². The maximum Gasteiger partial charge on any atom is 0.250 e. The van der Waals surface area contributed by atoms with Crippen LogP contribution in [0.1, 0.15) is 10.4 Å². The Labute approximate surface area is 126 Å². The second-order valence-corrected chi connectivity index (χ2v) is 5.77. The number of piperazine rings is 1. The minimum absolute atomic E-state index is 0.405. The number of nitrogens with zero attached hydrogens (tertiary/aromatic N) is 3. The molecule has 0 aromatic heterocycles. The monoisotopic (exact) mass is 291 g/mol. The van der Waals surface area contributed by atoms with Crippen LogP contribution in [0.15, 0.2) is 18.2 Å². The standard InChI is InChI=1S/C15H25N5O/c1-18(2)5-6-19-7-9-20(10-8-19)12-3-4-14(16)13(11-12)15(17)21/h3-4,11H,5-10,16H2,1-2H3,(H2,17,21). The Morgan fingerprint density at radius 2 is 1.90 bits per heavy atom. The highest BCUT2D eigenvalue weighted by molar-refractivity contribution is 5.99. The average Bonchev–Trinajstić information content (AvgIpc) is 2.46. The van der Waals surface area contributed by atoms with Crippen LogP contribution in [0.5, 0.6) is 0 Å². The normalized spacial score (nSPS) is 16.4. The molecule has 0 aliphatic carbocycles. The fraction of sp³-hybridized carbons (Fsp3) is 0.533. The van der Waals surface area contributed by atoms with Crippen LogP contribution in [0.3, 0.4) is 0 Å². The lowest BCUT2D eigenvalue weighted by Gasteiger charge is -2.36. The number of rotatable bonds is 5. The van der Waals surface area contributed by atoms with Crippen LogP contribution >= 0.6 is 0 Å². The van der Waals surface area contributed by atoms with E-state index in [9.17, 15) is 4.79 Å². The van der Waals surface area contributed by atoms with Crippen molar-refractivity contribution < 1.29 is 4.79 Å². The summed E-state index contributed by atoms with van der Waals surface area (Å²) in [4.78, 5) is 18.3. The van der Waals surface area contributed by atoms with Gasteiger partial charge in [0, 0.05) is 50.6 Å². The van der Waals surface area contributed by atoms with E-state index in [1.165, 1.54) is 0 Å². The molecule has 1 aromatic rings. The van der Waals surface area contributed by atoms with Crippen LogP contribution in [0, 0.1) is 0 Å². The van der Waals surface area contributed by atoms with Crippen LogP contribution in [-0.2, 0) is 0 Å². The number of amides is 1. The minimum Gasteiger partial charge on any atom is -0.398 e. The molecule has 1 amide bonds. The highest BCUT2D eigenvalue weighted by Gasteiger charge is 2.18. The molecule has 1 saturated heterocycles. The molecule has 2 rings (SSSR count). The molecule has 1 heterocycles. The Kier molecular flexibility index (Phi) is 5.03. The zero-order valence-electron chi connectivity index (χ0n) is 12.9. The predicted molar refractivity (Wildman–Crippen MR) is 86.6 cm³/mol. The molecule has 6 nitrogen and oxygen atoms in total. The number of carbonyl (C=O) groups excluding carboxylic acids is 1. The van der Waals surface area contributed by atoms with Gasteiger partial charge in [0.2, 0.25) is 0 Å². The lowest BCUT2D eigenvalue weighted by molar-refractivity contribution is 0.100. The van der Waals surface area contributed by atoms with Crippen molar-refractivity contribution in [3.8, 4) is 0 Å². The topological polar surface area (TPSA) is 78.8 Å². The number of primary amides is 1. The molecular formula is C15H25N5O. The Hall–Kier alpha value is -1.79. The molecule has 1 fully saturated rings. The molecule has 0 atom stereocenters. The summed E-state index contributed by atoms with van der Waals surface area (Å²) in [6, 6.07) is 5.51. The Morgan fingerprint density at radius 3 is 2.48 bits per heavy atom. The molecule has 4 N–H and O–H groups in total. The summed E-state index contributed by atoms with van der Waals surface area (Å²) in [5.41, 5.74) is 13.0. The van der Waals surface area contributed by atoms with E-state index in [1.807, 2.05) is 6.07 Å². The number of hydrogen-bond acceptors (Lipinski definition) is 5. The first-order valence-corrected chi connectivity index (χ1v) is 7.28. The highest BCUT2D eigenvalue weighted by Crippen LogP contribution is 2.22. The molecule has 1 aliphatic rings.